The smallest absolute Gasteiger partial charge is 0.255 e. The molecule has 0 unspecified atom stereocenters. The number of carbonyl (C=O) groups is 2. The van der Waals surface area contributed by atoms with Crippen LogP contribution in [-0.2, 0) is 11.2 Å². The molecule has 0 saturated carbocycles. The van der Waals surface area contributed by atoms with Crippen LogP contribution in [0.4, 0.5) is 11.4 Å². The molecular weight excluding hydrogens is 407 g/mol. The number of hydrogen-bond acceptors (Lipinski definition) is 2. The second kappa shape index (κ2) is 10.1. The summed E-state index contributed by atoms with van der Waals surface area (Å²) >= 11 is 12.1. The highest BCUT2D eigenvalue weighted by Crippen LogP contribution is 2.26. The van der Waals surface area contributed by atoms with E-state index in [-0.39, 0.29) is 11.8 Å². The summed E-state index contributed by atoms with van der Waals surface area (Å²) < 4.78 is 0. The van der Waals surface area contributed by atoms with E-state index < -0.39 is 0 Å². The van der Waals surface area contributed by atoms with Gasteiger partial charge in [-0.15, -0.1) is 0 Å². The van der Waals surface area contributed by atoms with Crippen LogP contribution in [0.25, 0.3) is 0 Å². The van der Waals surface area contributed by atoms with Gasteiger partial charge >= 0.3 is 0 Å². The maximum absolute atomic E-state index is 12.2. The minimum atomic E-state index is -0.244. The zero-order valence-corrected chi connectivity index (χ0v) is 17.1. The van der Waals surface area contributed by atoms with E-state index in [0.29, 0.717) is 33.4 Å². The Balaban J connectivity index is 1.51. The number of anilines is 2. The zero-order chi connectivity index (χ0) is 20.6. The lowest BCUT2D eigenvalue weighted by atomic mass is 10.1. The molecule has 0 radical (unpaired) electrons. The fourth-order valence-electron chi connectivity index (χ4n) is 2.81. The predicted octanol–water partition coefficient (Wildman–Crippen LogP) is 6.21. The van der Waals surface area contributed by atoms with Crippen molar-refractivity contribution in [3.63, 3.8) is 0 Å². The Labute approximate surface area is 179 Å². The molecule has 3 rings (SSSR count). The summed E-state index contributed by atoms with van der Waals surface area (Å²) in [6, 6.07) is 21.5. The number of hydrogen-bond donors (Lipinski definition) is 2. The first-order valence-corrected chi connectivity index (χ1v) is 9.97. The molecule has 0 heterocycles. The maximum atomic E-state index is 12.2. The van der Waals surface area contributed by atoms with Crippen molar-refractivity contribution in [2.75, 3.05) is 10.6 Å². The molecule has 4 nitrogen and oxygen atoms in total. The quantitative estimate of drug-likeness (QED) is 0.471. The number of benzene rings is 3. The van der Waals surface area contributed by atoms with E-state index in [1.807, 2.05) is 30.3 Å². The summed E-state index contributed by atoms with van der Waals surface area (Å²) in [5.41, 5.74) is 2.76. The van der Waals surface area contributed by atoms with Crippen molar-refractivity contribution in [3.8, 4) is 0 Å². The highest BCUT2D eigenvalue weighted by molar-refractivity contribution is 6.34. The van der Waals surface area contributed by atoms with E-state index >= 15 is 0 Å². The first-order chi connectivity index (χ1) is 14.0. The van der Waals surface area contributed by atoms with Gasteiger partial charge in [0.25, 0.3) is 5.91 Å². The van der Waals surface area contributed by atoms with Gasteiger partial charge in [-0.05, 0) is 60.9 Å². The molecule has 0 saturated heterocycles. The second-order valence-corrected chi connectivity index (χ2v) is 7.39. The van der Waals surface area contributed by atoms with Gasteiger partial charge in [-0.2, -0.15) is 0 Å². The van der Waals surface area contributed by atoms with Crippen molar-refractivity contribution in [1.29, 1.82) is 0 Å². The zero-order valence-electron chi connectivity index (χ0n) is 15.6. The van der Waals surface area contributed by atoms with Gasteiger partial charge in [0.15, 0.2) is 0 Å². The van der Waals surface area contributed by atoms with Crippen LogP contribution in [0.1, 0.15) is 28.8 Å². The summed E-state index contributed by atoms with van der Waals surface area (Å²) in [4.78, 5) is 24.4. The Morgan fingerprint density at radius 1 is 0.828 bits per heavy atom. The van der Waals surface area contributed by atoms with E-state index in [4.69, 9.17) is 23.2 Å². The van der Waals surface area contributed by atoms with Crippen molar-refractivity contribution in [3.05, 3.63) is 94.0 Å². The number of nitrogens with one attached hydrogen (secondary N) is 2. The van der Waals surface area contributed by atoms with Gasteiger partial charge in [0, 0.05) is 22.7 Å². The molecule has 6 heteroatoms. The third kappa shape index (κ3) is 6.34. The summed E-state index contributed by atoms with van der Waals surface area (Å²) in [7, 11) is 0. The van der Waals surface area contributed by atoms with Crippen LogP contribution < -0.4 is 10.6 Å². The van der Waals surface area contributed by atoms with E-state index in [9.17, 15) is 9.59 Å². The SMILES string of the molecule is O=C(CCCc1ccc(Cl)cc1)Nc1ccc(NC(=O)c2ccccc2)c(Cl)c1. The molecule has 0 bridgehead atoms. The lowest BCUT2D eigenvalue weighted by molar-refractivity contribution is -0.116. The van der Waals surface area contributed by atoms with E-state index in [1.165, 1.54) is 0 Å². The molecule has 0 aliphatic rings. The Morgan fingerprint density at radius 2 is 1.55 bits per heavy atom. The van der Waals surface area contributed by atoms with Gasteiger partial charge in [0.05, 0.1) is 10.7 Å². The lowest BCUT2D eigenvalue weighted by Crippen LogP contribution is -2.13. The molecule has 0 aromatic heterocycles. The molecule has 0 atom stereocenters. The average molecular weight is 427 g/mol. The second-order valence-electron chi connectivity index (χ2n) is 6.54. The third-order valence-corrected chi connectivity index (χ3v) is 4.88. The topological polar surface area (TPSA) is 58.2 Å². The van der Waals surface area contributed by atoms with Gasteiger partial charge < -0.3 is 10.6 Å². The number of carbonyl (C=O) groups excluding carboxylic acids is 2. The maximum Gasteiger partial charge on any atom is 0.255 e. The molecular formula is C23H20Cl2N2O2. The van der Waals surface area contributed by atoms with Crippen LogP contribution in [0.5, 0.6) is 0 Å². The molecule has 3 aromatic carbocycles. The summed E-state index contributed by atoms with van der Waals surface area (Å²) in [6.07, 6.45) is 1.93. The van der Waals surface area contributed by atoms with Gasteiger partial charge in [-0.25, -0.2) is 0 Å². The predicted molar refractivity (Wildman–Crippen MR) is 119 cm³/mol. The van der Waals surface area contributed by atoms with Crippen LogP contribution in [0.2, 0.25) is 10.0 Å². The Hall–Kier alpha value is -2.82. The molecule has 0 aliphatic carbocycles. The molecule has 0 aliphatic heterocycles. The summed E-state index contributed by atoms with van der Waals surface area (Å²) in [6.45, 7) is 0. The van der Waals surface area contributed by atoms with Crippen LogP contribution in [0.3, 0.4) is 0 Å². The van der Waals surface area contributed by atoms with Crippen LogP contribution in [0.15, 0.2) is 72.8 Å². The molecule has 148 valence electrons. The van der Waals surface area contributed by atoms with Crippen molar-refractivity contribution in [2.45, 2.75) is 19.3 Å². The largest absolute Gasteiger partial charge is 0.326 e. The summed E-state index contributed by atoms with van der Waals surface area (Å²) in [5.74, 6) is -0.331. The average Bonchev–Trinajstić information content (AvgIpc) is 2.72. The summed E-state index contributed by atoms with van der Waals surface area (Å²) in [5, 5.41) is 6.66. The molecule has 2 N–H and O–H groups in total. The molecule has 29 heavy (non-hydrogen) atoms. The number of aryl methyl sites for hydroxylation is 1. The van der Waals surface area contributed by atoms with Gasteiger partial charge in [-0.1, -0.05) is 53.5 Å². The van der Waals surface area contributed by atoms with Crippen LogP contribution >= 0.6 is 23.2 Å². The first-order valence-electron chi connectivity index (χ1n) is 9.21. The Morgan fingerprint density at radius 3 is 2.24 bits per heavy atom. The van der Waals surface area contributed by atoms with E-state index in [0.717, 1.165) is 18.4 Å². The van der Waals surface area contributed by atoms with Crippen molar-refractivity contribution < 1.29 is 9.59 Å². The highest BCUT2D eigenvalue weighted by Gasteiger charge is 2.10. The van der Waals surface area contributed by atoms with E-state index in [2.05, 4.69) is 10.6 Å². The van der Waals surface area contributed by atoms with Crippen molar-refractivity contribution in [1.82, 2.24) is 0 Å². The third-order valence-electron chi connectivity index (χ3n) is 4.32. The van der Waals surface area contributed by atoms with Gasteiger partial charge in [0.1, 0.15) is 0 Å². The Bertz CT molecular complexity index is 990. The fourth-order valence-corrected chi connectivity index (χ4v) is 3.16. The van der Waals surface area contributed by atoms with Crippen LogP contribution in [-0.4, -0.2) is 11.8 Å². The van der Waals surface area contributed by atoms with Crippen molar-refractivity contribution >= 4 is 46.4 Å². The molecule has 0 fully saturated rings. The normalized spacial score (nSPS) is 10.4. The fraction of sp³-hybridized carbons (Fsp3) is 0.130. The lowest BCUT2D eigenvalue weighted by Gasteiger charge is -2.10. The number of halogens is 2. The number of rotatable bonds is 7. The first kappa shape index (κ1) is 20.9. The Kier molecular flexibility index (Phi) is 7.28. The monoisotopic (exact) mass is 426 g/mol. The minimum Gasteiger partial charge on any atom is -0.326 e. The van der Waals surface area contributed by atoms with Gasteiger partial charge in [-0.3, -0.25) is 9.59 Å². The van der Waals surface area contributed by atoms with Crippen LogP contribution in [0, 0.1) is 0 Å². The molecule has 0 spiro atoms. The minimum absolute atomic E-state index is 0.0869. The number of amides is 2. The molecule has 3 aromatic rings. The van der Waals surface area contributed by atoms with E-state index in [1.54, 1.807) is 42.5 Å². The van der Waals surface area contributed by atoms with Crippen molar-refractivity contribution in [2.24, 2.45) is 0 Å². The standard InChI is InChI=1S/C23H20Cl2N2O2/c24-18-11-9-16(10-12-18)5-4-8-22(28)26-19-13-14-21(20(25)15-19)27-23(29)17-6-2-1-3-7-17/h1-3,6-7,9-15H,4-5,8H2,(H,26,28)(H,27,29). The molecule has 2 amide bonds. The highest BCUT2D eigenvalue weighted by atomic mass is 35.5. The van der Waals surface area contributed by atoms with Gasteiger partial charge in [0.2, 0.25) is 5.91 Å².